The third-order valence-electron chi connectivity index (χ3n) is 0.891. The van der Waals surface area contributed by atoms with Crippen molar-refractivity contribution in [3.05, 3.63) is 0 Å². The number of nitrogens with two attached hydrogens (primary N) is 2. The van der Waals surface area contributed by atoms with Crippen LogP contribution in [0, 0.1) is 0 Å². The fourth-order valence-corrected chi connectivity index (χ4v) is 0.236. The van der Waals surface area contributed by atoms with Crippen molar-refractivity contribution in [2.24, 2.45) is 11.5 Å². The minimum absolute atomic E-state index is 0.329. The summed E-state index contributed by atoms with van der Waals surface area (Å²) < 4.78 is 0. The second kappa shape index (κ2) is 0.698. The average Bonchev–Trinajstić information content (AvgIpc) is 1.79. The molecule has 0 aliphatic heterocycles. The first-order valence-corrected chi connectivity index (χ1v) is 1.82. The summed E-state index contributed by atoms with van der Waals surface area (Å²) in [6.45, 7) is 0. The number of hydrogen-bond donors (Lipinski definition) is 2. The molecule has 2 heteroatoms. The fraction of sp³-hybridized carbons (Fsp3) is 1.00. The molecule has 0 radical (unpaired) electrons. The topological polar surface area (TPSA) is 52.0 Å². The first-order chi connectivity index (χ1) is 2.30. The van der Waals surface area contributed by atoms with Crippen molar-refractivity contribution in [1.29, 1.82) is 0 Å². The van der Waals surface area contributed by atoms with E-state index in [-0.39, 0.29) is 0 Å². The molecule has 30 valence electrons. The van der Waals surface area contributed by atoms with Crippen LogP contribution >= 0.6 is 0 Å². The summed E-state index contributed by atoms with van der Waals surface area (Å²) in [5, 5.41) is 0. The van der Waals surface area contributed by atoms with Gasteiger partial charge in [-0.2, -0.15) is 0 Å². The number of rotatable bonds is 0. The molecule has 2 atom stereocenters. The molecule has 0 amide bonds. The van der Waals surface area contributed by atoms with Crippen molar-refractivity contribution in [3.8, 4) is 0 Å². The minimum Gasteiger partial charge on any atom is -0.326 e. The Morgan fingerprint density at radius 1 is 1.20 bits per heavy atom. The molecule has 1 rings (SSSR count). The predicted molar refractivity (Wildman–Crippen MR) is 20.6 cm³/mol. The molecule has 5 heavy (non-hydrogen) atoms. The highest BCUT2D eigenvalue weighted by Crippen LogP contribution is 2.12. The van der Waals surface area contributed by atoms with Gasteiger partial charge in [-0.15, -0.1) is 0 Å². The Hall–Kier alpha value is -0.0800. The molecule has 1 fully saturated rings. The molecule has 0 aromatic rings. The SMILES string of the molecule is NC1C[C@@H]1N. The third-order valence-corrected chi connectivity index (χ3v) is 0.891. The van der Waals surface area contributed by atoms with Gasteiger partial charge in [0.1, 0.15) is 0 Å². The Labute approximate surface area is 31.1 Å². The Bertz CT molecular complexity index is 38.2. The molecule has 4 N–H and O–H groups in total. The zero-order valence-electron chi connectivity index (χ0n) is 3.02. The van der Waals surface area contributed by atoms with E-state index >= 15 is 0 Å². The van der Waals surface area contributed by atoms with Gasteiger partial charge in [-0.05, 0) is 6.42 Å². The van der Waals surface area contributed by atoms with Crippen LogP contribution < -0.4 is 11.5 Å². The van der Waals surface area contributed by atoms with Crippen LogP contribution in [0.5, 0.6) is 0 Å². The van der Waals surface area contributed by atoms with Crippen molar-refractivity contribution in [3.63, 3.8) is 0 Å². The van der Waals surface area contributed by atoms with E-state index in [0.29, 0.717) is 12.1 Å². The van der Waals surface area contributed by atoms with Gasteiger partial charge in [-0.25, -0.2) is 0 Å². The van der Waals surface area contributed by atoms with Crippen LogP contribution in [0.4, 0.5) is 0 Å². The van der Waals surface area contributed by atoms with Gasteiger partial charge in [0, 0.05) is 12.1 Å². The zero-order chi connectivity index (χ0) is 3.86. The van der Waals surface area contributed by atoms with Crippen LogP contribution in [0.1, 0.15) is 6.42 Å². The second-order valence-electron chi connectivity index (χ2n) is 1.56. The third kappa shape index (κ3) is 0.412. The van der Waals surface area contributed by atoms with Gasteiger partial charge < -0.3 is 11.5 Å². The quantitative estimate of drug-likeness (QED) is 0.387. The van der Waals surface area contributed by atoms with Gasteiger partial charge in [0.15, 0.2) is 0 Å². The molecular weight excluding hydrogens is 64.0 g/mol. The average molecular weight is 72.1 g/mol. The Kier molecular flexibility index (Phi) is 0.436. The van der Waals surface area contributed by atoms with Gasteiger partial charge in [0.2, 0.25) is 0 Å². The molecule has 0 bridgehead atoms. The smallest absolute Gasteiger partial charge is 0.0208 e. The molecule has 0 heterocycles. The lowest BCUT2D eigenvalue weighted by atomic mass is 10.7. The molecule has 1 aliphatic carbocycles. The zero-order valence-corrected chi connectivity index (χ0v) is 3.02. The molecule has 1 saturated carbocycles. The Balaban J connectivity index is 2.20. The molecular formula is C3H8N2. The Morgan fingerprint density at radius 3 is 1.40 bits per heavy atom. The molecule has 1 unspecified atom stereocenters. The van der Waals surface area contributed by atoms with E-state index in [2.05, 4.69) is 0 Å². The van der Waals surface area contributed by atoms with Crippen LogP contribution in [0.2, 0.25) is 0 Å². The molecule has 0 saturated heterocycles. The summed E-state index contributed by atoms with van der Waals surface area (Å²) >= 11 is 0. The van der Waals surface area contributed by atoms with Crippen LogP contribution in [-0.2, 0) is 0 Å². The second-order valence-corrected chi connectivity index (χ2v) is 1.56. The maximum absolute atomic E-state index is 5.24. The fourth-order valence-electron chi connectivity index (χ4n) is 0.236. The van der Waals surface area contributed by atoms with Crippen LogP contribution in [-0.4, -0.2) is 12.1 Å². The molecule has 1 aliphatic rings. The van der Waals surface area contributed by atoms with Gasteiger partial charge >= 0.3 is 0 Å². The lowest BCUT2D eigenvalue weighted by molar-refractivity contribution is 0.962. The van der Waals surface area contributed by atoms with Crippen molar-refractivity contribution in [2.45, 2.75) is 18.5 Å². The van der Waals surface area contributed by atoms with Gasteiger partial charge in [-0.1, -0.05) is 0 Å². The van der Waals surface area contributed by atoms with Crippen LogP contribution in [0.3, 0.4) is 0 Å². The van der Waals surface area contributed by atoms with E-state index in [4.69, 9.17) is 11.5 Å². The summed E-state index contributed by atoms with van der Waals surface area (Å²) in [7, 11) is 0. The van der Waals surface area contributed by atoms with E-state index in [1.54, 1.807) is 0 Å². The van der Waals surface area contributed by atoms with Gasteiger partial charge in [0.05, 0.1) is 0 Å². The maximum atomic E-state index is 5.24. The van der Waals surface area contributed by atoms with Crippen molar-refractivity contribution < 1.29 is 0 Å². The summed E-state index contributed by atoms with van der Waals surface area (Å²) in [5.41, 5.74) is 10.5. The standard InChI is InChI=1S/C3H8N2/c4-2-1-3(2)5/h2-3H,1,4-5H2/t2-,3?/m0/s1. The normalized spacial score (nSPS) is 49.2. The molecule has 0 aromatic heterocycles. The maximum Gasteiger partial charge on any atom is 0.0208 e. The largest absolute Gasteiger partial charge is 0.326 e. The van der Waals surface area contributed by atoms with E-state index in [1.165, 1.54) is 0 Å². The van der Waals surface area contributed by atoms with E-state index in [0.717, 1.165) is 6.42 Å². The predicted octanol–water partition coefficient (Wildman–Crippen LogP) is -0.955. The van der Waals surface area contributed by atoms with Crippen molar-refractivity contribution in [1.82, 2.24) is 0 Å². The first-order valence-electron chi connectivity index (χ1n) is 1.82. The molecule has 0 aromatic carbocycles. The highest BCUT2D eigenvalue weighted by Gasteiger charge is 2.28. The minimum atomic E-state index is 0.329. The van der Waals surface area contributed by atoms with Gasteiger partial charge in [0.25, 0.3) is 0 Å². The van der Waals surface area contributed by atoms with E-state index < -0.39 is 0 Å². The lowest BCUT2D eigenvalue weighted by Gasteiger charge is -1.70. The molecule has 2 nitrogen and oxygen atoms in total. The van der Waals surface area contributed by atoms with Crippen LogP contribution in [0.25, 0.3) is 0 Å². The lowest BCUT2D eigenvalue weighted by Crippen LogP contribution is -2.12. The monoisotopic (exact) mass is 72.1 g/mol. The summed E-state index contributed by atoms with van der Waals surface area (Å²) in [6, 6.07) is 0.657. The Morgan fingerprint density at radius 2 is 1.40 bits per heavy atom. The van der Waals surface area contributed by atoms with Crippen molar-refractivity contribution >= 4 is 0 Å². The number of hydrogen-bond acceptors (Lipinski definition) is 2. The van der Waals surface area contributed by atoms with Gasteiger partial charge in [-0.3, -0.25) is 0 Å². The summed E-state index contributed by atoms with van der Waals surface area (Å²) in [5.74, 6) is 0. The van der Waals surface area contributed by atoms with Crippen LogP contribution in [0.15, 0.2) is 0 Å². The highest BCUT2D eigenvalue weighted by atomic mass is 14.9. The first kappa shape index (κ1) is 3.12. The van der Waals surface area contributed by atoms with E-state index in [9.17, 15) is 0 Å². The van der Waals surface area contributed by atoms with E-state index in [1.807, 2.05) is 0 Å². The summed E-state index contributed by atoms with van der Waals surface area (Å²) in [4.78, 5) is 0. The van der Waals surface area contributed by atoms with Crippen molar-refractivity contribution in [2.75, 3.05) is 0 Å². The molecule has 0 spiro atoms. The highest BCUT2D eigenvalue weighted by molar-refractivity contribution is 4.93. The summed E-state index contributed by atoms with van der Waals surface area (Å²) in [6.07, 6.45) is 1.03.